The monoisotopic (exact) mass is 423 g/mol. The summed E-state index contributed by atoms with van der Waals surface area (Å²) in [4.78, 5) is 35.4. The lowest BCUT2D eigenvalue weighted by molar-refractivity contribution is -0.385. The number of anilines is 2. The molecule has 0 aliphatic heterocycles. The number of nitro groups is 1. The molecule has 0 unspecified atom stereocenters. The van der Waals surface area contributed by atoms with Gasteiger partial charge in [0.25, 0.3) is 17.5 Å². The van der Waals surface area contributed by atoms with Crippen LogP contribution in [-0.4, -0.2) is 23.8 Å². The highest BCUT2D eigenvalue weighted by molar-refractivity contribution is 6.07. The predicted molar refractivity (Wildman–Crippen MR) is 113 cm³/mol. The Labute approximate surface area is 176 Å². The van der Waals surface area contributed by atoms with Crippen molar-refractivity contribution in [1.82, 2.24) is 0 Å². The van der Waals surface area contributed by atoms with E-state index in [1.807, 2.05) is 0 Å². The summed E-state index contributed by atoms with van der Waals surface area (Å²) in [6, 6.07) is 13.9. The van der Waals surface area contributed by atoms with Gasteiger partial charge in [0.1, 0.15) is 11.6 Å². The third-order valence-corrected chi connectivity index (χ3v) is 4.45. The molecule has 2 amide bonds. The van der Waals surface area contributed by atoms with Crippen LogP contribution in [0.4, 0.5) is 21.5 Å². The minimum Gasteiger partial charge on any atom is -0.495 e. The molecule has 8 nitrogen and oxygen atoms in total. The number of benzene rings is 3. The number of amides is 2. The zero-order valence-electron chi connectivity index (χ0n) is 16.6. The summed E-state index contributed by atoms with van der Waals surface area (Å²) in [5, 5.41) is 16.2. The minimum atomic E-state index is -0.549. The van der Waals surface area contributed by atoms with Gasteiger partial charge in [0.05, 0.1) is 17.7 Å². The number of carbonyl (C=O) groups is 2. The first-order chi connectivity index (χ1) is 14.8. The van der Waals surface area contributed by atoms with E-state index in [1.165, 1.54) is 49.6 Å². The van der Waals surface area contributed by atoms with Gasteiger partial charge in [-0.25, -0.2) is 4.39 Å². The highest BCUT2D eigenvalue weighted by atomic mass is 19.1. The molecule has 0 bridgehead atoms. The number of aryl methyl sites for hydroxylation is 1. The maximum atomic E-state index is 13.4. The maximum absolute atomic E-state index is 13.4. The number of hydrogen-bond acceptors (Lipinski definition) is 5. The summed E-state index contributed by atoms with van der Waals surface area (Å²) in [7, 11) is 1.42. The van der Waals surface area contributed by atoms with Gasteiger partial charge in [-0.2, -0.15) is 0 Å². The zero-order valence-corrected chi connectivity index (χ0v) is 16.6. The van der Waals surface area contributed by atoms with Crippen LogP contribution in [0.1, 0.15) is 26.3 Å². The van der Waals surface area contributed by atoms with Crippen LogP contribution in [-0.2, 0) is 0 Å². The molecule has 3 aromatic rings. The highest BCUT2D eigenvalue weighted by Gasteiger charge is 2.16. The fraction of sp³-hybridized carbons (Fsp3) is 0.0909. The second-order valence-electron chi connectivity index (χ2n) is 6.59. The lowest BCUT2D eigenvalue weighted by Crippen LogP contribution is -2.15. The molecule has 0 atom stereocenters. The van der Waals surface area contributed by atoms with Gasteiger partial charge in [-0.15, -0.1) is 0 Å². The smallest absolute Gasteiger partial charge is 0.272 e. The Morgan fingerprint density at radius 1 is 0.968 bits per heavy atom. The van der Waals surface area contributed by atoms with Gasteiger partial charge in [0.2, 0.25) is 0 Å². The molecule has 0 fully saturated rings. The van der Waals surface area contributed by atoms with E-state index < -0.39 is 22.6 Å². The van der Waals surface area contributed by atoms with Crippen LogP contribution in [0.2, 0.25) is 0 Å². The number of rotatable bonds is 6. The Balaban J connectivity index is 1.81. The summed E-state index contributed by atoms with van der Waals surface area (Å²) in [6.07, 6.45) is 0. The number of nitrogens with one attached hydrogen (secondary N) is 2. The average Bonchev–Trinajstić information content (AvgIpc) is 2.73. The number of carbonyl (C=O) groups excluding carboxylic acids is 2. The van der Waals surface area contributed by atoms with Gasteiger partial charge >= 0.3 is 0 Å². The van der Waals surface area contributed by atoms with Crippen LogP contribution in [0.25, 0.3) is 0 Å². The van der Waals surface area contributed by atoms with Crippen LogP contribution in [0.3, 0.4) is 0 Å². The molecule has 158 valence electrons. The van der Waals surface area contributed by atoms with Crippen molar-refractivity contribution in [3.05, 3.63) is 93.3 Å². The Morgan fingerprint density at radius 2 is 1.68 bits per heavy atom. The van der Waals surface area contributed by atoms with Crippen molar-refractivity contribution in [2.75, 3.05) is 17.7 Å². The Morgan fingerprint density at radius 3 is 2.32 bits per heavy atom. The highest BCUT2D eigenvalue weighted by Crippen LogP contribution is 2.29. The summed E-state index contributed by atoms with van der Waals surface area (Å²) >= 11 is 0. The Bertz CT molecular complexity index is 1180. The number of ether oxygens (including phenoxy) is 1. The SMILES string of the molecule is COc1ccc(NC(=O)c2ccc([N+](=O)[O-])c(C)c2)cc1NC(=O)c1cccc(F)c1. The van der Waals surface area contributed by atoms with Crippen LogP contribution in [0, 0.1) is 22.9 Å². The quantitative estimate of drug-likeness (QED) is 0.446. The molecule has 0 heterocycles. The van der Waals surface area contributed by atoms with Gasteiger partial charge in [-0.3, -0.25) is 19.7 Å². The summed E-state index contributed by atoms with van der Waals surface area (Å²) in [5.41, 5.74) is 1.27. The molecule has 0 saturated heterocycles. The third-order valence-electron chi connectivity index (χ3n) is 4.45. The first-order valence-corrected chi connectivity index (χ1v) is 9.10. The summed E-state index contributed by atoms with van der Waals surface area (Å²) in [5.74, 6) is -1.23. The molecule has 31 heavy (non-hydrogen) atoms. The van der Waals surface area contributed by atoms with Gasteiger partial charge in [0, 0.05) is 28.4 Å². The van der Waals surface area contributed by atoms with Gasteiger partial charge < -0.3 is 15.4 Å². The fourth-order valence-corrected chi connectivity index (χ4v) is 2.91. The zero-order chi connectivity index (χ0) is 22.5. The van der Waals surface area contributed by atoms with Crippen molar-refractivity contribution < 1.29 is 23.6 Å². The first-order valence-electron chi connectivity index (χ1n) is 9.10. The fourth-order valence-electron chi connectivity index (χ4n) is 2.91. The predicted octanol–water partition coefficient (Wildman–Crippen LogP) is 4.56. The van der Waals surface area contributed by atoms with Crippen molar-refractivity contribution in [3.63, 3.8) is 0 Å². The van der Waals surface area contributed by atoms with E-state index in [0.29, 0.717) is 17.0 Å². The largest absolute Gasteiger partial charge is 0.495 e. The Hall–Kier alpha value is -4.27. The maximum Gasteiger partial charge on any atom is 0.272 e. The molecule has 0 aromatic heterocycles. The van der Waals surface area contributed by atoms with E-state index in [2.05, 4.69) is 10.6 Å². The molecule has 3 rings (SSSR count). The van der Waals surface area contributed by atoms with Crippen LogP contribution < -0.4 is 15.4 Å². The van der Waals surface area contributed by atoms with Gasteiger partial charge in [-0.1, -0.05) is 6.07 Å². The standard InChI is InChI=1S/C22H18FN3O5/c1-13-10-15(6-8-19(13)26(29)30)21(27)24-17-7-9-20(31-2)18(12-17)25-22(28)14-4-3-5-16(23)11-14/h3-12H,1-2H3,(H,24,27)(H,25,28). The van der Waals surface area contributed by atoms with E-state index in [-0.39, 0.29) is 22.5 Å². The number of halogens is 1. The molecule has 9 heteroatoms. The van der Waals surface area contributed by atoms with Gasteiger partial charge in [-0.05, 0) is 55.5 Å². The second kappa shape index (κ2) is 9.04. The lowest BCUT2D eigenvalue weighted by atomic mass is 10.1. The molecular weight excluding hydrogens is 405 g/mol. The molecule has 0 spiro atoms. The van der Waals surface area contributed by atoms with Crippen LogP contribution in [0.15, 0.2) is 60.7 Å². The van der Waals surface area contributed by atoms with Crippen molar-refractivity contribution in [1.29, 1.82) is 0 Å². The summed E-state index contributed by atoms with van der Waals surface area (Å²) < 4.78 is 18.6. The van der Waals surface area contributed by atoms with E-state index in [9.17, 15) is 24.1 Å². The lowest BCUT2D eigenvalue weighted by Gasteiger charge is -2.13. The van der Waals surface area contributed by atoms with Crippen molar-refractivity contribution in [3.8, 4) is 5.75 Å². The molecule has 0 aliphatic rings. The molecular formula is C22H18FN3O5. The average molecular weight is 423 g/mol. The van der Waals surface area contributed by atoms with E-state index in [0.717, 1.165) is 6.07 Å². The molecule has 0 radical (unpaired) electrons. The molecule has 0 saturated carbocycles. The Kier molecular flexibility index (Phi) is 6.25. The van der Waals surface area contributed by atoms with E-state index >= 15 is 0 Å². The van der Waals surface area contributed by atoms with Crippen molar-refractivity contribution >= 4 is 28.9 Å². The van der Waals surface area contributed by atoms with Gasteiger partial charge in [0.15, 0.2) is 0 Å². The minimum absolute atomic E-state index is 0.0802. The second-order valence-corrected chi connectivity index (χ2v) is 6.59. The van der Waals surface area contributed by atoms with Crippen molar-refractivity contribution in [2.24, 2.45) is 0 Å². The number of nitrogens with zero attached hydrogens (tertiary/aromatic N) is 1. The summed E-state index contributed by atoms with van der Waals surface area (Å²) in [6.45, 7) is 1.54. The third kappa shape index (κ3) is 5.02. The van der Waals surface area contributed by atoms with E-state index in [4.69, 9.17) is 4.74 Å². The number of methoxy groups -OCH3 is 1. The molecule has 0 aliphatic carbocycles. The topological polar surface area (TPSA) is 111 Å². The molecule has 2 N–H and O–H groups in total. The van der Waals surface area contributed by atoms with Crippen LogP contribution >= 0.6 is 0 Å². The first kappa shape index (κ1) is 21.4. The van der Waals surface area contributed by atoms with Crippen LogP contribution in [0.5, 0.6) is 5.75 Å². The van der Waals surface area contributed by atoms with E-state index in [1.54, 1.807) is 19.1 Å². The molecule has 3 aromatic carbocycles. The number of nitro benzene ring substituents is 1. The number of hydrogen-bond donors (Lipinski definition) is 2. The normalized spacial score (nSPS) is 10.3. The van der Waals surface area contributed by atoms with Crippen molar-refractivity contribution in [2.45, 2.75) is 6.92 Å².